The number of hydrogen-bond donors (Lipinski definition) is 0. The molecule has 2 nitrogen and oxygen atoms in total. The Balaban J connectivity index is 2.13. The van der Waals surface area contributed by atoms with Crippen molar-refractivity contribution in [2.75, 3.05) is 6.61 Å². The molecule has 0 bridgehead atoms. The van der Waals surface area contributed by atoms with Crippen LogP contribution in [0.25, 0.3) is 0 Å². The molecule has 0 N–H and O–H groups in total. The van der Waals surface area contributed by atoms with E-state index in [1.807, 2.05) is 6.08 Å². The Hall–Kier alpha value is -0.500. The number of halogens is 1. The van der Waals surface area contributed by atoms with Gasteiger partial charge in [0, 0.05) is 0 Å². The lowest BCUT2D eigenvalue weighted by Gasteiger charge is -2.19. The summed E-state index contributed by atoms with van der Waals surface area (Å²) < 4.78 is 4.85. The predicted octanol–water partition coefficient (Wildman–Crippen LogP) is 4.07. The third-order valence-corrected chi connectivity index (χ3v) is 3.60. The first-order valence-corrected chi connectivity index (χ1v) is 7.13. The quantitative estimate of drug-likeness (QED) is 0.408. The van der Waals surface area contributed by atoms with E-state index < -0.39 is 5.38 Å². The highest BCUT2D eigenvalue weighted by Gasteiger charge is 2.14. The van der Waals surface area contributed by atoms with E-state index >= 15 is 0 Å². The maximum absolute atomic E-state index is 11.3. The Morgan fingerprint density at radius 3 is 2.71 bits per heavy atom. The minimum Gasteiger partial charge on any atom is -0.465 e. The molecule has 0 spiro atoms. The van der Waals surface area contributed by atoms with Gasteiger partial charge in [-0.25, -0.2) is 0 Å². The second kappa shape index (κ2) is 8.57. The summed E-state index contributed by atoms with van der Waals surface area (Å²) in [6.45, 7) is 2.19. The van der Waals surface area contributed by atoms with Crippen molar-refractivity contribution in [2.45, 2.75) is 57.2 Å². The molecule has 98 valence electrons. The molecule has 1 atom stereocenters. The molecule has 1 saturated carbocycles. The molecule has 3 heteroatoms. The van der Waals surface area contributed by atoms with Crippen LogP contribution in [0.15, 0.2) is 12.2 Å². The number of rotatable bonds is 6. The van der Waals surface area contributed by atoms with Crippen LogP contribution < -0.4 is 0 Å². The lowest BCUT2D eigenvalue weighted by atomic mass is 9.87. The first-order valence-electron chi connectivity index (χ1n) is 6.69. The van der Waals surface area contributed by atoms with Gasteiger partial charge < -0.3 is 4.74 Å². The van der Waals surface area contributed by atoms with Gasteiger partial charge in [-0.05, 0) is 25.7 Å². The SMILES string of the molecule is CCOC(=O)C(Cl)C/C=C/CC1CCCCC1. The van der Waals surface area contributed by atoms with E-state index in [1.54, 1.807) is 6.92 Å². The van der Waals surface area contributed by atoms with E-state index in [0.717, 1.165) is 12.3 Å². The van der Waals surface area contributed by atoms with Crippen LogP contribution in [-0.2, 0) is 9.53 Å². The van der Waals surface area contributed by atoms with Crippen molar-refractivity contribution in [1.82, 2.24) is 0 Å². The molecule has 1 aliphatic rings. The highest BCUT2D eigenvalue weighted by molar-refractivity contribution is 6.29. The van der Waals surface area contributed by atoms with Crippen LogP contribution in [0.3, 0.4) is 0 Å². The van der Waals surface area contributed by atoms with Crippen LogP contribution in [0, 0.1) is 5.92 Å². The summed E-state index contributed by atoms with van der Waals surface area (Å²) >= 11 is 5.91. The Morgan fingerprint density at radius 2 is 2.06 bits per heavy atom. The van der Waals surface area contributed by atoms with Crippen LogP contribution in [-0.4, -0.2) is 18.0 Å². The summed E-state index contributed by atoms with van der Waals surface area (Å²) in [5.74, 6) is 0.535. The molecule has 1 fully saturated rings. The van der Waals surface area contributed by atoms with E-state index in [4.69, 9.17) is 16.3 Å². The van der Waals surface area contributed by atoms with Gasteiger partial charge in [0.1, 0.15) is 5.38 Å². The molecule has 0 aromatic heterocycles. The summed E-state index contributed by atoms with van der Waals surface area (Å²) in [5, 5.41) is -0.530. The van der Waals surface area contributed by atoms with Crippen molar-refractivity contribution in [1.29, 1.82) is 0 Å². The highest BCUT2D eigenvalue weighted by Crippen LogP contribution is 2.26. The van der Waals surface area contributed by atoms with Crippen LogP contribution >= 0.6 is 11.6 Å². The normalized spacial score (nSPS) is 19.4. The van der Waals surface area contributed by atoms with Gasteiger partial charge in [0.15, 0.2) is 0 Å². The number of hydrogen-bond acceptors (Lipinski definition) is 2. The van der Waals surface area contributed by atoms with Crippen LogP contribution in [0.5, 0.6) is 0 Å². The van der Waals surface area contributed by atoms with E-state index in [9.17, 15) is 4.79 Å². The van der Waals surface area contributed by atoms with Gasteiger partial charge in [0.2, 0.25) is 0 Å². The molecule has 0 radical (unpaired) electrons. The van der Waals surface area contributed by atoms with E-state index in [2.05, 4.69) is 6.08 Å². The average molecular weight is 259 g/mol. The number of carbonyl (C=O) groups excluding carboxylic acids is 1. The zero-order valence-corrected chi connectivity index (χ0v) is 11.4. The molecule has 1 aliphatic carbocycles. The maximum atomic E-state index is 11.3. The van der Waals surface area contributed by atoms with Crippen LogP contribution in [0.2, 0.25) is 0 Å². The molecule has 0 aromatic rings. The van der Waals surface area contributed by atoms with E-state index in [-0.39, 0.29) is 5.97 Å². The van der Waals surface area contributed by atoms with Gasteiger partial charge in [-0.2, -0.15) is 0 Å². The highest BCUT2D eigenvalue weighted by atomic mass is 35.5. The number of allylic oxidation sites excluding steroid dienone is 2. The van der Waals surface area contributed by atoms with Crippen molar-refractivity contribution < 1.29 is 9.53 Å². The van der Waals surface area contributed by atoms with Gasteiger partial charge >= 0.3 is 5.97 Å². The Kier molecular flexibility index (Phi) is 7.34. The van der Waals surface area contributed by atoms with Crippen molar-refractivity contribution in [3.8, 4) is 0 Å². The molecule has 0 aromatic carbocycles. The second-order valence-corrected chi connectivity index (χ2v) is 5.19. The maximum Gasteiger partial charge on any atom is 0.324 e. The van der Waals surface area contributed by atoms with Gasteiger partial charge in [0.05, 0.1) is 6.61 Å². The van der Waals surface area contributed by atoms with Crippen LogP contribution in [0.4, 0.5) is 0 Å². The topological polar surface area (TPSA) is 26.3 Å². The van der Waals surface area contributed by atoms with Gasteiger partial charge in [-0.3, -0.25) is 4.79 Å². The molecular weight excluding hydrogens is 236 g/mol. The minimum absolute atomic E-state index is 0.309. The fraction of sp³-hybridized carbons (Fsp3) is 0.786. The molecular formula is C14H23ClO2. The van der Waals surface area contributed by atoms with Crippen LogP contribution in [0.1, 0.15) is 51.9 Å². The number of esters is 1. The first kappa shape index (κ1) is 14.6. The molecule has 0 aliphatic heterocycles. The monoisotopic (exact) mass is 258 g/mol. The molecule has 0 saturated heterocycles. The van der Waals surface area contributed by atoms with Crippen molar-refractivity contribution in [3.63, 3.8) is 0 Å². The van der Waals surface area contributed by atoms with Crippen molar-refractivity contribution in [2.24, 2.45) is 5.92 Å². The van der Waals surface area contributed by atoms with Gasteiger partial charge in [-0.1, -0.05) is 44.3 Å². The van der Waals surface area contributed by atoms with E-state index in [1.165, 1.54) is 32.1 Å². The summed E-state index contributed by atoms with van der Waals surface area (Å²) in [6, 6.07) is 0. The number of ether oxygens (including phenoxy) is 1. The predicted molar refractivity (Wildman–Crippen MR) is 71.2 cm³/mol. The standard InChI is InChI=1S/C14H23ClO2/c1-2-17-14(16)13(15)11-7-6-10-12-8-4-3-5-9-12/h6-7,12-13H,2-5,8-11H2,1H3/b7-6+. The van der Waals surface area contributed by atoms with E-state index in [0.29, 0.717) is 13.0 Å². The van der Waals surface area contributed by atoms with Crippen molar-refractivity contribution in [3.05, 3.63) is 12.2 Å². The summed E-state index contributed by atoms with van der Waals surface area (Å²) in [6.07, 6.45) is 12.7. The zero-order chi connectivity index (χ0) is 12.5. The average Bonchev–Trinajstić information content (AvgIpc) is 2.36. The smallest absolute Gasteiger partial charge is 0.324 e. The summed E-state index contributed by atoms with van der Waals surface area (Å²) in [7, 11) is 0. The Morgan fingerprint density at radius 1 is 1.35 bits per heavy atom. The fourth-order valence-electron chi connectivity index (χ4n) is 2.26. The minimum atomic E-state index is -0.530. The summed E-state index contributed by atoms with van der Waals surface area (Å²) in [5.41, 5.74) is 0. The molecule has 1 rings (SSSR count). The van der Waals surface area contributed by atoms with Crippen molar-refractivity contribution >= 4 is 17.6 Å². The lowest BCUT2D eigenvalue weighted by Crippen LogP contribution is -2.16. The zero-order valence-electron chi connectivity index (χ0n) is 10.7. The fourth-order valence-corrected chi connectivity index (χ4v) is 2.42. The van der Waals surface area contributed by atoms with Gasteiger partial charge in [0.25, 0.3) is 0 Å². The largest absolute Gasteiger partial charge is 0.465 e. The lowest BCUT2D eigenvalue weighted by molar-refractivity contribution is -0.142. The molecule has 0 heterocycles. The third-order valence-electron chi connectivity index (χ3n) is 3.25. The molecule has 17 heavy (non-hydrogen) atoms. The molecule has 0 amide bonds. The second-order valence-electron chi connectivity index (χ2n) is 4.67. The summed E-state index contributed by atoms with van der Waals surface area (Å²) in [4.78, 5) is 11.3. The Bertz CT molecular complexity index is 245. The Labute approximate surface area is 109 Å². The number of carbonyl (C=O) groups is 1. The molecule has 1 unspecified atom stereocenters. The van der Waals surface area contributed by atoms with Gasteiger partial charge in [-0.15, -0.1) is 11.6 Å². The first-order chi connectivity index (χ1) is 8.24. The number of alkyl halides is 1. The third kappa shape index (κ3) is 6.11.